The third-order valence-electron chi connectivity index (χ3n) is 3.60. The molecule has 3 aromatic rings. The molecule has 2 nitrogen and oxygen atoms in total. The summed E-state index contributed by atoms with van der Waals surface area (Å²) in [4.78, 5) is 0. The minimum atomic E-state index is -1.43. The third-order valence-corrected chi connectivity index (χ3v) is 3.60. The molecule has 0 saturated heterocycles. The van der Waals surface area contributed by atoms with E-state index in [-0.39, 0.29) is 0 Å². The summed E-state index contributed by atoms with van der Waals surface area (Å²) in [6, 6.07) is 16.0. The maximum atomic E-state index is 9.24. The molecule has 3 aromatic carbocycles. The van der Waals surface area contributed by atoms with E-state index >= 15 is 0 Å². The zero-order valence-electron chi connectivity index (χ0n) is 11.1. The van der Waals surface area contributed by atoms with Crippen LogP contribution in [0.4, 0.5) is 0 Å². The first-order valence-electron chi connectivity index (χ1n) is 6.61. The van der Waals surface area contributed by atoms with Crippen molar-refractivity contribution in [1.82, 2.24) is 0 Å². The Morgan fingerprint density at radius 1 is 0.900 bits per heavy atom. The largest absolute Gasteiger partial charge is 0.488 e. The van der Waals surface area contributed by atoms with Crippen LogP contribution in [0.2, 0.25) is 0 Å². The minimum Gasteiger partial charge on any atom is -0.423 e. The van der Waals surface area contributed by atoms with Gasteiger partial charge in [-0.3, -0.25) is 0 Å². The summed E-state index contributed by atoms with van der Waals surface area (Å²) >= 11 is 0. The molecule has 0 atom stereocenters. The van der Waals surface area contributed by atoms with Gasteiger partial charge >= 0.3 is 7.12 Å². The van der Waals surface area contributed by atoms with Crippen LogP contribution in [0, 0.1) is 0 Å². The van der Waals surface area contributed by atoms with Gasteiger partial charge in [0.1, 0.15) is 0 Å². The van der Waals surface area contributed by atoms with Gasteiger partial charge in [0.15, 0.2) is 0 Å². The summed E-state index contributed by atoms with van der Waals surface area (Å²) < 4.78 is 0. The normalized spacial score (nSPS) is 10.9. The van der Waals surface area contributed by atoms with Crippen LogP contribution in [0.3, 0.4) is 0 Å². The van der Waals surface area contributed by atoms with Crippen LogP contribution in [-0.2, 0) is 6.42 Å². The van der Waals surface area contributed by atoms with Gasteiger partial charge in [-0.25, -0.2) is 0 Å². The fourth-order valence-corrected chi connectivity index (χ4v) is 2.59. The Hall–Kier alpha value is -2.10. The zero-order chi connectivity index (χ0) is 14.1. The lowest BCUT2D eigenvalue weighted by Crippen LogP contribution is -2.29. The molecule has 0 saturated carbocycles. The van der Waals surface area contributed by atoms with E-state index in [2.05, 4.69) is 30.8 Å². The molecule has 0 aliphatic carbocycles. The Kier molecular flexibility index (Phi) is 3.31. The highest BCUT2D eigenvalue weighted by Gasteiger charge is 2.11. The summed E-state index contributed by atoms with van der Waals surface area (Å²) in [7, 11) is -1.43. The Balaban J connectivity index is 2.22. The molecule has 20 heavy (non-hydrogen) atoms. The minimum absolute atomic E-state index is 0.514. The molecule has 0 aromatic heterocycles. The van der Waals surface area contributed by atoms with Crippen LogP contribution in [-0.4, -0.2) is 17.2 Å². The topological polar surface area (TPSA) is 40.5 Å². The second-order valence-electron chi connectivity index (χ2n) is 4.97. The van der Waals surface area contributed by atoms with Gasteiger partial charge in [0.25, 0.3) is 0 Å². The summed E-state index contributed by atoms with van der Waals surface area (Å²) in [5.41, 5.74) is 1.76. The van der Waals surface area contributed by atoms with Gasteiger partial charge in [0.2, 0.25) is 0 Å². The SMILES string of the molecule is C=CCc1ccc2c(ccc3cc(B(O)O)ccc32)c1. The standard InChI is InChI=1S/C17H15BO2/c1-2-3-12-4-8-16-13(10-12)5-6-14-11-15(18(19)20)7-9-17(14)16/h2,4-11,19-20H,1,3H2. The molecule has 0 fully saturated rings. The van der Waals surface area contributed by atoms with Crippen molar-refractivity contribution in [2.45, 2.75) is 6.42 Å². The smallest absolute Gasteiger partial charge is 0.423 e. The summed E-state index contributed by atoms with van der Waals surface area (Å²) in [6.45, 7) is 3.76. The van der Waals surface area contributed by atoms with Gasteiger partial charge in [0, 0.05) is 0 Å². The number of hydrogen-bond donors (Lipinski definition) is 2. The molecule has 0 radical (unpaired) electrons. The van der Waals surface area contributed by atoms with Crippen molar-refractivity contribution in [3.05, 3.63) is 66.7 Å². The average molecular weight is 262 g/mol. The summed E-state index contributed by atoms with van der Waals surface area (Å²) in [6.07, 6.45) is 2.76. The van der Waals surface area contributed by atoms with E-state index in [0.29, 0.717) is 5.46 Å². The predicted molar refractivity (Wildman–Crippen MR) is 85.2 cm³/mol. The molecule has 0 aliphatic heterocycles. The third kappa shape index (κ3) is 2.22. The number of benzene rings is 3. The second kappa shape index (κ2) is 5.12. The van der Waals surface area contributed by atoms with E-state index in [4.69, 9.17) is 0 Å². The van der Waals surface area contributed by atoms with Crippen molar-refractivity contribution in [1.29, 1.82) is 0 Å². The molecular weight excluding hydrogens is 247 g/mol. The van der Waals surface area contributed by atoms with Crippen LogP contribution in [0.5, 0.6) is 0 Å². The molecule has 98 valence electrons. The lowest BCUT2D eigenvalue weighted by atomic mass is 9.79. The fraction of sp³-hybridized carbons (Fsp3) is 0.0588. The molecule has 0 spiro atoms. The van der Waals surface area contributed by atoms with Crippen LogP contribution < -0.4 is 5.46 Å². The zero-order valence-corrected chi connectivity index (χ0v) is 11.1. The second-order valence-corrected chi connectivity index (χ2v) is 4.97. The van der Waals surface area contributed by atoms with Crippen LogP contribution >= 0.6 is 0 Å². The first-order chi connectivity index (χ1) is 9.69. The Morgan fingerprint density at radius 3 is 2.20 bits per heavy atom. The summed E-state index contributed by atoms with van der Waals surface area (Å²) in [5.74, 6) is 0. The van der Waals surface area contributed by atoms with E-state index in [1.165, 1.54) is 16.3 Å². The number of fused-ring (bicyclic) bond motifs is 3. The van der Waals surface area contributed by atoms with E-state index in [0.717, 1.165) is 17.2 Å². The van der Waals surface area contributed by atoms with Crippen LogP contribution in [0.15, 0.2) is 61.2 Å². The first kappa shape index (κ1) is 12.9. The lowest BCUT2D eigenvalue weighted by Gasteiger charge is -2.07. The summed E-state index contributed by atoms with van der Waals surface area (Å²) in [5, 5.41) is 23.0. The highest BCUT2D eigenvalue weighted by Crippen LogP contribution is 2.25. The highest BCUT2D eigenvalue weighted by atomic mass is 16.4. The molecule has 3 heteroatoms. The van der Waals surface area contributed by atoms with Crippen LogP contribution in [0.25, 0.3) is 21.5 Å². The monoisotopic (exact) mass is 262 g/mol. The van der Waals surface area contributed by atoms with Crippen molar-refractivity contribution in [2.75, 3.05) is 0 Å². The van der Waals surface area contributed by atoms with Gasteiger partial charge in [-0.15, -0.1) is 6.58 Å². The van der Waals surface area contributed by atoms with Gasteiger partial charge in [-0.05, 0) is 39.0 Å². The Labute approximate surface area is 118 Å². The molecular formula is C17H15BO2. The Bertz CT molecular complexity index is 793. The Morgan fingerprint density at radius 2 is 1.55 bits per heavy atom. The number of allylic oxidation sites excluding steroid dienone is 1. The van der Waals surface area contributed by atoms with Crippen molar-refractivity contribution in [3.8, 4) is 0 Å². The number of hydrogen-bond acceptors (Lipinski definition) is 2. The molecule has 2 N–H and O–H groups in total. The quantitative estimate of drug-likeness (QED) is 0.432. The van der Waals surface area contributed by atoms with Crippen molar-refractivity contribution < 1.29 is 10.0 Å². The van der Waals surface area contributed by atoms with Gasteiger partial charge in [-0.2, -0.15) is 0 Å². The maximum Gasteiger partial charge on any atom is 0.488 e. The highest BCUT2D eigenvalue weighted by molar-refractivity contribution is 6.59. The molecule has 0 unspecified atom stereocenters. The van der Waals surface area contributed by atoms with Crippen molar-refractivity contribution in [2.24, 2.45) is 0 Å². The average Bonchev–Trinajstić information content (AvgIpc) is 2.46. The molecule has 0 amide bonds. The van der Waals surface area contributed by atoms with E-state index < -0.39 is 7.12 Å². The fourth-order valence-electron chi connectivity index (χ4n) is 2.59. The van der Waals surface area contributed by atoms with Gasteiger partial charge in [-0.1, -0.05) is 54.6 Å². The van der Waals surface area contributed by atoms with E-state index in [9.17, 15) is 10.0 Å². The lowest BCUT2D eigenvalue weighted by molar-refractivity contribution is 0.426. The van der Waals surface area contributed by atoms with Crippen LogP contribution in [0.1, 0.15) is 5.56 Å². The van der Waals surface area contributed by atoms with Crippen molar-refractivity contribution >= 4 is 34.1 Å². The molecule has 3 rings (SSSR count). The maximum absolute atomic E-state index is 9.24. The first-order valence-corrected chi connectivity index (χ1v) is 6.61. The molecule has 0 heterocycles. The number of rotatable bonds is 3. The van der Waals surface area contributed by atoms with Crippen molar-refractivity contribution in [3.63, 3.8) is 0 Å². The molecule has 0 aliphatic rings. The van der Waals surface area contributed by atoms with Gasteiger partial charge < -0.3 is 10.0 Å². The van der Waals surface area contributed by atoms with Gasteiger partial charge in [0.05, 0.1) is 0 Å². The van der Waals surface area contributed by atoms with E-state index in [1.807, 2.05) is 24.3 Å². The predicted octanol–water partition coefficient (Wildman–Crippen LogP) is 2.40. The molecule has 0 bridgehead atoms. The van der Waals surface area contributed by atoms with E-state index in [1.54, 1.807) is 6.07 Å².